The summed E-state index contributed by atoms with van der Waals surface area (Å²) in [5.41, 5.74) is 2.53. The molecule has 0 spiro atoms. The molecular weight excluding hydrogens is 486 g/mol. The molecule has 0 bridgehead atoms. The topological polar surface area (TPSA) is 119 Å². The molecule has 3 aromatic heterocycles. The number of furan rings is 1. The molecule has 1 aliphatic carbocycles. The zero-order valence-electron chi connectivity index (χ0n) is 21.1. The van der Waals surface area contributed by atoms with E-state index in [1.807, 2.05) is 24.3 Å². The largest absolute Gasteiger partial charge is 0.477 e. The van der Waals surface area contributed by atoms with Crippen molar-refractivity contribution in [2.45, 2.75) is 45.1 Å². The van der Waals surface area contributed by atoms with E-state index in [0.717, 1.165) is 31.2 Å². The second kappa shape index (κ2) is 10.1. The second-order valence-electron chi connectivity index (χ2n) is 10.2. The molecule has 4 heterocycles. The summed E-state index contributed by atoms with van der Waals surface area (Å²) in [4.78, 5) is 36.3. The first-order chi connectivity index (χ1) is 18.5. The Hall–Kier alpha value is -3.98. The number of fused-ring (bicyclic) bond motifs is 1. The molecule has 1 aromatic carbocycles. The number of ether oxygens (including phenoxy) is 1. The zero-order chi connectivity index (χ0) is 26.2. The molecule has 6 rings (SSSR count). The first kappa shape index (κ1) is 24.4. The maximum Gasteiger partial charge on any atom is 0.341 e. The fraction of sp³-hybridized carbons (Fsp3) is 0.379. The summed E-state index contributed by atoms with van der Waals surface area (Å²) in [5, 5.41) is 10.1. The summed E-state index contributed by atoms with van der Waals surface area (Å²) >= 11 is 0. The zero-order valence-corrected chi connectivity index (χ0v) is 21.1. The molecule has 2 aliphatic rings. The summed E-state index contributed by atoms with van der Waals surface area (Å²) in [5.74, 6) is 0.137. The monoisotopic (exact) mass is 515 g/mol. The predicted octanol–water partition coefficient (Wildman–Crippen LogP) is 5.80. The SMILES string of the molecule is CC1CCC(C(=O)N(c2oc(-c3ccc(-c4nc5ncccc5o4)cc3)cc2C(=O)O)C2CCOC2)CC1. The van der Waals surface area contributed by atoms with Gasteiger partial charge in [-0.05, 0) is 62.3 Å². The van der Waals surface area contributed by atoms with Gasteiger partial charge in [-0.3, -0.25) is 9.69 Å². The smallest absolute Gasteiger partial charge is 0.341 e. The van der Waals surface area contributed by atoms with Crippen LogP contribution in [0.3, 0.4) is 0 Å². The number of nitrogens with zero attached hydrogens (tertiary/aromatic N) is 3. The average Bonchev–Trinajstić information content (AvgIpc) is 3.69. The minimum atomic E-state index is -1.14. The van der Waals surface area contributed by atoms with Crippen molar-refractivity contribution in [3.63, 3.8) is 0 Å². The van der Waals surface area contributed by atoms with Gasteiger partial charge in [0.1, 0.15) is 11.3 Å². The van der Waals surface area contributed by atoms with E-state index in [9.17, 15) is 14.7 Å². The number of oxazole rings is 1. The number of aromatic nitrogens is 2. The van der Waals surface area contributed by atoms with Gasteiger partial charge < -0.3 is 18.7 Å². The molecule has 1 aliphatic heterocycles. The van der Waals surface area contributed by atoms with E-state index in [1.165, 1.54) is 6.07 Å². The number of aromatic carboxylic acids is 1. The molecule has 4 aromatic rings. The van der Waals surface area contributed by atoms with Crippen molar-refractivity contribution in [3.05, 3.63) is 54.2 Å². The van der Waals surface area contributed by atoms with E-state index in [0.29, 0.717) is 54.0 Å². The number of benzene rings is 1. The summed E-state index contributed by atoms with van der Waals surface area (Å²) in [6.07, 6.45) is 5.87. The molecule has 2 fully saturated rings. The quantitative estimate of drug-likeness (QED) is 0.342. The fourth-order valence-electron chi connectivity index (χ4n) is 5.40. The molecular formula is C29H29N3O6. The summed E-state index contributed by atoms with van der Waals surface area (Å²) < 4.78 is 17.6. The van der Waals surface area contributed by atoms with Crippen LogP contribution in [-0.4, -0.2) is 46.2 Å². The Balaban J connectivity index is 1.33. The number of hydrogen-bond donors (Lipinski definition) is 1. The number of carbonyl (C=O) groups excluding carboxylic acids is 1. The van der Waals surface area contributed by atoms with Crippen LogP contribution >= 0.6 is 0 Å². The van der Waals surface area contributed by atoms with E-state index in [2.05, 4.69) is 16.9 Å². The number of carboxylic acid groups (broad SMARTS) is 1. The van der Waals surface area contributed by atoms with Crippen LogP contribution in [-0.2, 0) is 9.53 Å². The van der Waals surface area contributed by atoms with Crippen LogP contribution in [0, 0.1) is 11.8 Å². The van der Waals surface area contributed by atoms with E-state index < -0.39 is 5.97 Å². The van der Waals surface area contributed by atoms with Crippen LogP contribution in [0.25, 0.3) is 34.0 Å². The average molecular weight is 516 g/mol. The van der Waals surface area contributed by atoms with Gasteiger partial charge in [-0.25, -0.2) is 9.78 Å². The van der Waals surface area contributed by atoms with Crippen molar-refractivity contribution >= 4 is 29.0 Å². The van der Waals surface area contributed by atoms with Crippen LogP contribution in [0.4, 0.5) is 5.88 Å². The maximum atomic E-state index is 13.8. The Morgan fingerprint density at radius 2 is 1.76 bits per heavy atom. The molecule has 1 atom stereocenters. The Bertz CT molecular complexity index is 1430. The van der Waals surface area contributed by atoms with Crippen LogP contribution in [0.2, 0.25) is 0 Å². The number of carboxylic acids is 1. The number of amides is 1. The van der Waals surface area contributed by atoms with Crippen molar-refractivity contribution < 1.29 is 28.3 Å². The highest BCUT2D eigenvalue weighted by molar-refractivity contribution is 6.02. The van der Waals surface area contributed by atoms with Crippen LogP contribution in [0.5, 0.6) is 0 Å². The number of rotatable bonds is 6. The number of anilines is 1. The number of carbonyl (C=O) groups is 2. The molecule has 1 N–H and O–H groups in total. The predicted molar refractivity (Wildman–Crippen MR) is 140 cm³/mol. The summed E-state index contributed by atoms with van der Waals surface area (Å²) in [6.45, 7) is 3.09. The molecule has 38 heavy (non-hydrogen) atoms. The molecule has 1 saturated carbocycles. The molecule has 196 valence electrons. The highest BCUT2D eigenvalue weighted by Crippen LogP contribution is 2.38. The number of hydrogen-bond acceptors (Lipinski definition) is 7. The van der Waals surface area contributed by atoms with E-state index >= 15 is 0 Å². The molecule has 9 nitrogen and oxygen atoms in total. The van der Waals surface area contributed by atoms with Crippen molar-refractivity contribution in [3.8, 4) is 22.8 Å². The van der Waals surface area contributed by atoms with Gasteiger partial charge in [0.05, 0.1) is 12.6 Å². The van der Waals surface area contributed by atoms with Gasteiger partial charge in [0.15, 0.2) is 11.2 Å². The maximum absolute atomic E-state index is 13.8. The van der Waals surface area contributed by atoms with Crippen LogP contribution in [0.1, 0.15) is 49.4 Å². The molecule has 9 heteroatoms. The minimum absolute atomic E-state index is 0.0291. The third-order valence-corrected chi connectivity index (χ3v) is 7.62. The van der Waals surface area contributed by atoms with Crippen molar-refractivity contribution in [2.75, 3.05) is 18.1 Å². The standard InChI is InChI=1S/C29H29N3O6/c1-17-4-6-20(7-5-17)27(33)32(21-12-14-36-16-21)28-22(29(34)35)15-24(38-28)18-8-10-19(11-9-18)26-31-25-23(37-26)3-2-13-30-25/h2-3,8-11,13,15,17,20-21H,4-7,12,14,16H2,1H3,(H,34,35). The third-order valence-electron chi connectivity index (χ3n) is 7.62. The highest BCUT2D eigenvalue weighted by atomic mass is 16.5. The lowest BCUT2D eigenvalue weighted by Gasteiger charge is -2.33. The van der Waals surface area contributed by atoms with Crippen molar-refractivity contribution in [1.82, 2.24) is 9.97 Å². The van der Waals surface area contributed by atoms with Gasteiger partial charge in [-0.15, -0.1) is 0 Å². The molecule has 1 saturated heterocycles. The minimum Gasteiger partial charge on any atom is -0.477 e. The summed E-state index contributed by atoms with van der Waals surface area (Å²) in [6, 6.07) is 12.1. The highest BCUT2D eigenvalue weighted by Gasteiger charge is 2.38. The Morgan fingerprint density at radius 3 is 2.45 bits per heavy atom. The van der Waals surface area contributed by atoms with Gasteiger partial charge in [0, 0.05) is 35.9 Å². The first-order valence-corrected chi connectivity index (χ1v) is 13.1. The lowest BCUT2D eigenvalue weighted by Crippen LogP contribution is -2.45. The second-order valence-corrected chi connectivity index (χ2v) is 10.2. The fourth-order valence-corrected chi connectivity index (χ4v) is 5.40. The van der Waals surface area contributed by atoms with Crippen LogP contribution < -0.4 is 4.90 Å². The first-order valence-electron chi connectivity index (χ1n) is 13.1. The third kappa shape index (κ3) is 4.58. The van der Waals surface area contributed by atoms with E-state index in [-0.39, 0.29) is 29.3 Å². The lowest BCUT2D eigenvalue weighted by molar-refractivity contribution is -0.124. The molecule has 1 unspecified atom stereocenters. The van der Waals surface area contributed by atoms with Gasteiger partial charge in [-0.1, -0.05) is 19.1 Å². The Morgan fingerprint density at radius 1 is 1.00 bits per heavy atom. The van der Waals surface area contributed by atoms with Crippen molar-refractivity contribution in [1.29, 1.82) is 0 Å². The van der Waals surface area contributed by atoms with E-state index in [4.69, 9.17) is 13.6 Å². The summed E-state index contributed by atoms with van der Waals surface area (Å²) in [7, 11) is 0. The van der Waals surface area contributed by atoms with Crippen molar-refractivity contribution in [2.24, 2.45) is 11.8 Å². The number of pyridine rings is 1. The van der Waals surface area contributed by atoms with Crippen LogP contribution in [0.15, 0.2) is 57.5 Å². The molecule has 1 amide bonds. The van der Waals surface area contributed by atoms with Gasteiger partial charge in [0.2, 0.25) is 17.7 Å². The van der Waals surface area contributed by atoms with Gasteiger partial charge in [-0.2, -0.15) is 4.98 Å². The van der Waals surface area contributed by atoms with Gasteiger partial charge >= 0.3 is 5.97 Å². The molecule has 0 radical (unpaired) electrons. The normalized spacial score (nSPS) is 21.6. The van der Waals surface area contributed by atoms with E-state index in [1.54, 1.807) is 23.2 Å². The van der Waals surface area contributed by atoms with Gasteiger partial charge in [0.25, 0.3) is 0 Å². The Labute approximate surface area is 219 Å². The lowest BCUT2D eigenvalue weighted by atomic mass is 9.82. The Kier molecular flexibility index (Phi) is 6.45.